The van der Waals surface area contributed by atoms with Crippen molar-refractivity contribution in [2.24, 2.45) is 5.92 Å². The van der Waals surface area contributed by atoms with Gasteiger partial charge in [0.25, 0.3) is 0 Å². The SMILES string of the molecule is CC(C)(C)c1ccccc1OCCNC(=O)C1CCN(Cc2ccccc2Cl)CC1. The van der Waals surface area contributed by atoms with Crippen LogP contribution in [0.3, 0.4) is 0 Å². The fraction of sp³-hybridized carbons (Fsp3) is 0.480. The van der Waals surface area contributed by atoms with Crippen LogP contribution < -0.4 is 10.1 Å². The zero-order valence-electron chi connectivity index (χ0n) is 18.3. The number of nitrogens with zero attached hydrogens (tertiary/aromatic N) is 1. The largest absolute Gasteiger partial charge is 0.491 e. The van der Waals surface area contributed by atoms with E-state index >= 15 is 0 Å². The van der Waals surface area contributed by atoms with Crippen LogP contribution in [0.1, 0.15) is 44.7 Å². The quantitative estimate of drug-likeness (QED) is 0.628. The maximum atomic E-state index is 12.5. The first-order valence-corrected chi connectivity index (χ1v) is 11.2. The first-order chi connectivity index (χ1) is 14.3. The summed E-state index contributed by atoms with van der Waals surface area (Å²) in [7, 11) is 0. The third-order valence-corrected chi connectivity index (χ3v) is 6.03. The molecule has 0 bridgehead atoms. The van der Waals surface area contributed by atoms with Crippen molar-refractivity contribution in [1.29, 1.82) is 0 Å². The van der Waals surface area contributed by atoms with Crippen molar-refractivity contribution in [2.45, 2.75) is 45.6 Å². The van der Waals surface area contributed by atoms with E-state index < -0.39 is 0 Å². The Balaban J connectivity index is 1.39. The Labute approximate surface area is 185 Å². The number of hydrogen-bond donors (Lipinski definition) is 1. The lowest BCUT2D eigenvalue weighted by Crippen LogP contribution is -2.41. The molecule has 1 N–H and O–H groups in total. The molecule has 1 amide bonds. The van der Waals surface area contributed by atoms with E-state index in [0.717, 1.165) is 48.8 Å². The van der Waals surface area contributed by atoms with E-state index in [1.165, 1.54) is 5.56 Å². The number of amides is 1. The lowest BCUT2D eigenvalue weighted by Gasteiger charge is -2.31. The Hall–Kier alpha value is -2.04. The molecule has 1 saturated heterocycles. The van der Waals surface area contributed by atoms with Gasteiger partial charge in [0.15, 0.2) is 0 Å². The van der Waals surface area contributed by atoms with Gasteiger partial charge >= 0.3 is 0 Å². The van der Waals surface area contributed by atoms with Crippen molar-refractivity contribution in [2.75, 3.05) is 26.2 Å². The summed E-state index contributed by atoms with van der Waals surface area (Å²) < 4.78 is 5.96. The molecule has 1 fully saturated rings. The molecule has 0 aromatic heterocycles. The summed E-state index contributed by atoms with van der Waals surface area (Å²) in [4.78, 5) is 14.9. The molecular weight excluding hydrogens is 396 g/mol. The summed E-state index contributed by atoms with van der Waals surface area (Å²) in [5.41, 5.74) is 2.36. The van der Waals surface area contributed by atoms with Gasteiger partial charge in [0, 0.05) is 17.5 Å². The molecule has 2 aromatic carbocycles. The Morgan fingerprint density at radius 1 is 1.10 bits per heavy atom. The number of ether oxygens (including phenoxy) is 1. The normalized spacial score (nSPS) is 15.7. The fourth-order valence-electron chi connectivity index (χ4n) is 3.91. The van der Waals surface area contributed by atoms with E-state index in [1.807, 2.05) is 36.4 Å². The summed E-state index contributed by atoms with van der Waals surface area (Å²) >= 11 is 6.27. The number of halogens is 1. The molecule has 0 radical (unpaired) electrons. The minimum atomic E-state index is 0.0256. The van der Waals surface area contributed by atoms with Crippen LogP contribution in [-0.2, 0) is 16.8 Å². The second-order valence-electron chi connectivity index (χ2n) is 9.03. The van der Waals surface area contributed by atoms with Gasteiger partial charge in [-0.3, -0.25) is 9.69 Å². The maximum Gasteiger partial charge on any atom is 0.223 e. The average molecular weight is 429 g/mol. The lowest BCUT2D eigenvalue weighted by molar-refractivity contribution is -0.126. The Morgan fingerprint density at radius 3 is 2.47 bits per heavy atom. The average Bonchev–Trinajstić information content (AvgIpc) is 2.73. The standard InChI is InChI=1S/C25H33ClN2O2/c1-25(2,3)21-9-5-7-11-23(21)30-17-14-27-24(29)19-12-15-28(16-13-19)18-20-8-4-6-10-22(20)26/h4-11,19H,12-18H2,1-3H3,(H,27,29). The predicted molar refractivity (Wildman–Crippen MR) is 123 cm³/mol. The van der Waals surface area contributed by atoms with E-state index in [4.69, 9.17) is 16.3 Å². The molecule has 1 aliphatic rings. The highest BCUT2D eigenvalue weighted by Gasteiger charge is 2.25. The third kappa shape index (κ3) is 6.23. The topological polar surface area (TPSA) is 41.6 Å². The van der Waals surface area contributed by atoms with E-state index in [9.17, 15) is 4.79 Å². The maximum absolute atomic E-state index is 12.5. The molecule has 3 rings (SSSR count). The number of carbonyl (C=O) groups is 1. The number of carbonyl (C=O) groups excluding carboxylic acids is 1. The van der Waals surface area contributed by atoms with Gasteiger partial charge in [0.2, 0.25) is 5.91 Å². The molecule has 2 aromatic rings. The van der Waals surface area contributed by atoms with E-state index in [1.54, 1.807) is 0 Å². The molecule has 5 heteroatoms. The lowest BCUT2D eigenvalue weighted by atomic mass is 9.86. The van der Waals surface area contributed by atoms with Gasteiger partial charge in [-0.15, -0.1) is 0 Å². The molecular formula is C25H33ClN2O2. The Bertz CT molecular complexity index is 839. The molecule has 0 spiro atoms. The Kier molecular flexibility index (Phi) is 7.79. The van der Waals surface area contributed by atoms with E-state index in [2.05, 4.69) is 43.1 Å². The second-order valence-corrected chi connectivity index (χ2v) is 9.43. The number of para-hydroxylation sites is 1. The van der Waals surface area contributed by atoms with E-state index in [-0.39, 0.29) is 17.2 Å². The molecule has 0 saturated carbocycles. The summed E-state index contributed by atoms with van der Waals surface area (Å²) in [6, 6.07) is 16.1. The molecule has 30 heavy (non-hydrogen) atoms. The summed E-state index contributed by atoms with van der Waals surface area (Å²) in [6.07, 6.45) is 1.76. The van der Waals surface area contributed by atoms with Crippen molar-refractivity contribution in [1.82, 2.24) is 10.2 Å². The number of piperidine rings is 1. The van der Waals surface area contributed by atoms with Crippen molar-refractivity contribution in [3.8, 4) is 5.75 Å². The van der Waals surface area contributed by atoms with Gasteiger partial charge in [-0.2, -0.15) is 0 Å². The van der Waals surface area contributed by atoms with Crippen LogP contribution in [0.25, 0.3) is 0 Å². The number of hydrogen-bond acceptors (Lipinski definition) is 3. The van der Waals surface area contributed by atoms with Gasteiger partial charge in [-0.1, -0.05) is 68.8 Å². The van der Waals surface area contributed by atoms with Crippen molar-refractivity contribution < 1.29 is 9.53 Å². The second kappa shape index (κ2) is 10.3. The molecule has 0 aliphatic carbocycles. The van der Waals surface area contributed by atoms with Crippen LogP contribution in [-0.4, -0.2) is 37.0 Å². The summed E-state index contributed by atoms with van der Waals surface area (Å²) in [5.74, 6) is 1.11. The number of benzene rings is 2. The molecule has 4 nitrogen and oxygen atoms in total. The first kappa shape index (κ1) is 22.6. The van der Waals surface area contributed by atoms with E-state index in [0.29, 0.717) is 13.2 Å². The van der Waals surface area contributed by atoms with Crippen molar-refractivity contribution in [3.05, 3.63) is 64.7 Å². The van der Waals surface area contributed by atoms with Crippen LogP contribution in [0, 0.1) is 5.92 Å². The number of likely N-dealkylation sites (tertiary alicyclic amines) is 1. The minimum absolute atomic E-state index is 0.0256. The molecule has 0 atom stereocenters. The highest BCUT2D eigenvalue weighted by Crippen LogP contribution is 2.30. The number of rotatable bonds is 7. The van der Waals surface area contributed by atoms with Crippen LogP contribution >= 0.6 is 11.6 Å². The predicted octanol–water partition coefficient (Wildman–Crippen LogP) is 5.04. The molecule has 162 valence electrons. The van der Waals surface area contributed by atoms with Crippen LogP contribution in [0.2, 0.25) is 5.02 Å². The van der Waals surface area contributed by atoms with Gasteiger partial charge in [0.1, 0.15) is 12.4 Å². The van der Waals surface area contributed by atoms with Gasteiger partial charge in [-0.25, -0.2) is 0 Å². The highest BCUT2D eigenvalue weighted by molar-refractivity contribution is 6.31. The Morgan fingerprint density at radius 2 is 1.77 bits per heavy atom. The van der Waals surface area contributed by atoms with Crippen LogP contribution in [0.5, 0.6) is 5.75 Å². The molecule has 1 aliphatic heterocycles. The fourth-order valence-corrected chi connectivity index (χ4v) is 4.11. The van der Waals surface area contributed by atoms with Crippen LogP contribution in [0.15, 0.2) is 48.5 Å². The highest BCUT2D eigenvalue weighted by atomic mass is 35.5. The third-order valence-electron chi connectivity index (χ3n) is 5.66. The monoisotopic (exact) mass is 428 g/mol. The van der Waals surface area contributed by atoms with Crippen molar-refractivity contribution >= 4 is 17.5 Å². The summed E-state index contributed by atoms with van der Waals surface area (Å²) in [6.45, 7) is 10.2. The van der Waals surface area contributed by atoms with Gasteiger partial charge in [0.05, 0.1) is 6.54 Å². The zero-order valence-corrected chi connectivity index (χ0v) is 19.0. The molecule has 0 unspecified atom stereocenters. The van der Waals surface area contributed by atoms with Crippen LogP contribution in [0.4, 0.5) is 0 Å². The zero-order chi connectivity index (χ0) is 21.6. The smallest absolute Gasteiger partial charge is 0.223 e. The number of nitrogens with one attached hydrogen (secondary N) is 1. The van der Waals surface area contributed by atoms with Gasteiger partial charge < -0.3 is 10.1 Å². The minimum Gasteiger partial charge on any atom is -0.491 e. The first-order valence-electron chi connectivity index (χ1n) is 10.8. The van der Waals surface area contributed by atoms with Gasteiger partial charge in [-0.05, 0) is 54.6 Å². The molecule has 1 heterocycles. The van der Waals surface area contributed by atoms with Crippen molar-refractivity contribution in [3.63, 3.8) is 0 Å². The summed E-state index contributed by atoms with van der Waals surface area (Å²) in [5, 5.41) is 3.86.